The van der Waals surface area contributed by atoms with Crippen LogP contribution in [0.15, 0.2) is 53.5 Å². The van der Waals surface area contributed by atoms with Gasteiger partial charge in [0.15, 0.2) is 6.10 Å². The zero-order valence-corrected chi connectivity index (χ0v) is 23.9. The Morgan fingerprint density at radius 2 is 1.85 bits per heavy atom. The van der Waals surface area contributed by atoms with Crippen LogP contribution in [-0.4, -0.2) is 39.5 Å². The molecule has 2 aromatic heterocycles. The minimum atomic E-state index is -1.35. The van der Waals surface area contributed by atoms with Crippen molar-refractivity contribution < 1.29 is 24.1 Å². The van der Waals surface area contributed by atoms with Crippen molar-refractivity contribution in [3.63, 3.8) is 0 Å². The molecule has 0 saturated heterocycles. The molecule has 3 heterocycles. The number of carboxylic acid groups (broad SMARTS) is 1. The Morgan fingerprint density at radius 1 is 1.12 bits per heavy atom. The van der Waals surface area contributed by atoms with Crippen molar-refractivity contribution in [3.05, 3.63) is 81.4 Å². The van der Waals surface area contributed by atoms with Crippen LogP contribution in [0.3, 0.4) is 0 Å². The molecular weight excluding hydrogens is 508 g/mol. The zero-order chi connectivity index (χ0) is 28.8. The fourth-order valence-electron chi connectivity index (χ4n) is 5.59. The van der Waals surface area contributed by atoms with Crippen LogP contribution in [0.25, 0.3) is 22.0 Å². The number of ether oxygens (including phenoxy) is 3. The summed E-state index contributed by atoms with van der Waals surface area (Å²) in [6, 6.07) is 13.5. The van der Waals surface area contributed by atoms with Gasteiger partial charge in [0, 0.05) is 30.7 Å². The van der Waals surface area contributed by atoms with Gasteiger partial charge >= 0.3 is 5.97 Å². The molecule has 1 unspecified atom stereocenters. The molecule has 1 atom stereocenters. The van der Waals surface area contributed by atoms with Crippen LogP contribution in [0.5, 0.6) is 11.5 Å². The topological polar surface area (TPSA) is 91.9 Å². The van der Waals surface area contributed by atoms with Crippen molar-refractivity contribution in [1.82, 2.24) is 9.13 Å². The molecule has 8 heteroatoms. The molecular formula is C32H36N2O6. The van der Waals surface area contributed by atoms with E-state index < -0.39 is 17.7 Å². The van der Waals surface area contributed by atoms with E-state index in [-0.39, 0.29) is 5.56 Å². The van der Waals surface area contributed by atoms with Gasteiger partial charge in [0.05, 0.1) is 25.0 Å². The largest absolute Gasteiger partial charge is 0.497 e. The number of rotatable bonds is 7. The Hall–Kier alpha value is -4.04. The zero-order valence-electron chi connectivity index (χ0n) is 23.9. The number of aromatic nitrogens is 2. The van der Waals surface area contributed by atoms with Crippen LogP contribution < -0.4 is 15.0 Å². The van der Waals surface area contributed by atoms with E-state index >= 15 is 0 Å². The van der Waals surface area contributed by atoms with Crippen LogP contribution in [0.2, 0.25) is 0 Å². The van der Waals surface area contributed by atoms with Gasteiger partial charge in [-0.15, -0.1) is 0 Å². The second kappa shape index (κ2) is 10.5. The normalized spacial score (nSPS) is 14.1. The molecule has 0 spiro atoms. The molecule has 0 amide bonds. The fourth-order valence-corrected chi connectivity index (χ4v) is 5.59. The van der Waals surface area contributed by atoms with Gasteiger partial charge in [-0.25, -0.2) is 4.79 Å². The summed E-state index contributed by atoms with van der Waals surface area (Å²) in [5.74, 6) is 0.462. The van der Waals surface area contributed by atoms with Crippen LogP contribution in [0, 0.1) is 6.92 Å². The van der Waals surface area contributed by atoms with Gasteiger partial charge in [0.2, 0.25) is 0 Å². The van der Waals surface area contributed by atoms with Crippen LogP contribution >= 0.6 is 0 Å². The summed E-state index contributed by atoms with van der Waals surface area (Å²) in [5, 5.41) is 11.1. The number of fused-ring (bicyclic) bond motifs is 2. The van der Waals surface area contributed by atoms with Crippen LogP contribution in [0.4, 0.5) is 0 Å². The molecule has 1 aliphatic rings. The van der Waals surface area contributed by atoms with Gasteiger partial charge in [-0.2, -0.15) is 0 Å². The molecule has 0 bridgehead atoms. The molecule has 2 aromatic carbocycles. The fraction of sp³-hybridized carbons (Fsp3) is 0.375. The molecule has 0 radical (unpaired) electrons. The third kappa shape index (κ3) is 4.99. The summed E-state index contributed by atoms with van der Waals surface area (Å²) in [6.45, 7) is 8.62. The Labute approximate surface area is 233 Å². The molecule has 40 heavy (non-hydrogen) atoms. The van der Waals surface area contributed by atoms with E-state index in [0.717, 1.165) is 46.6 Å². The first-order valence-corrected chi connectivity index (χ1v) is 13.5. The van der Waals surface area contributed by atoms with Gasteiger partial charge in [0.25, 0.3) is 5.56 Å². The molecule has 210 valence electrons. The third-order valence-electron chi connectivity index (χ3n) is 7.47. The first-order valence-electron chi connectivity index (χ1n) is 13.5. The van der Waals surface area contributed by atoms with Crippen LogP contribution in [0.1, 0.15) is 55.7 Å². The average molecular weight is 545 g/mol. The number of aliphatic carboxylic acids is 1. The minimum Gasteiger partial charge on any atom is -0.497 e. The number of pyridine rings is 1. The highest BCUT2D eigenvalue weighted by Gasteiger charge is 2.34. The maximum Gasteiger partial charge on any atom is 0.339 e. The third-order valence-corrected chi connectivity index (χ3v) is 7.47. The summed E-state index contributed by atoms with van der Waals surface area (Å²) >= 11 is 0. The molecule has 0 saturated carbocycles. The Bertz CT molecular complexity index is 1640. The second-order valence-electron chi connectivity index (χ2n) is 11.3. The van der Waals surface area contributed by atoms with E-state index in [9.17, 15) is 14.7 Å². The van der Waals surface area contributed by atoms with E-state index in [4.69, 9.17) is 14.2 Å². The van der Waals surface area contributed by atoms with Crippen molar-refractivity contribution in [3.8, 4) is 22.6 Å². The average Bonchev–Trinajstić information content (AvgIpc) is 3.33. The first kappa shape index (κ1) is 27.5. The lowest BCUT2D eigenvalue weighted by molar-refractivity contribution is -0.161. The highest BCUT2D eigenvalue weighted by atomic mass is 16.5. The molecule has 0 aliphatic carbocycles. The summed E-state index contributed by atoms with van der Waals surface area (Å²) in [7, 11) is 3.25. The molecule has 1 aliphatic heterocycles. The molecule has 0 fully saturated rings. The lowest BCUT2D eigenvalue weighted by Gasteiger charge is -2.29. The Balaban J connectivity index is 1.80. The summed E-state index contributed by atoms with van der Waals surface area (Å²) in [6.07, 6.45) is 2.32. The van der Waals surface area contributed by atoms with E-state index in [1.54, 1.807) is 14.2 Å². The Morgan fingerprint density at radius 3 is 2.50 bits per heavy atom. The van der Waals surface area contributed by atoms with E-state index in [2.05, 4.69) is 0 Å². The van der Waals surface area contributed by atoms with Gasteiger partial charge < -0.3 is 28.5 Å². The number of nitrogens with zero attached hydrogens (tertiary/aromatic N) is 2. The maximum absolute atomic E-state index is 14.0. The van der Waals surface area contributed by atoms with Gasteiger partial charge in [0.1, 0.15) is 17.0 Å². The number of carboxylic acids is 1. The monoisotopic (exact) mass is 544 g/mol. The molecule has 5 rings (SSSR count). The second-order valence-corrected chi connectivity index (χ2v) is 11.3. The predicted octanol–water partition coefficient (Wildman–Crippen LogP) is 5.64. The summed E-state index contributed by atoms with van der Waals surface area (Å²) < 4.78 is 20.7. The quantitative estimate of drug-likeness (QED) is 0.324. The van der Waals surface area contributed by atoms with Gasteiger partial charge in [-0.3, -0.25) is 4.79 Å². The van der Waals surface area contributed by atoms with Gasteiger partial charge in [-0.05, 0) is 87.1 Å². The van der Waals surface area contributed by atoms with E-state index in [1.807, 2.05) is 80.9 Å². The lowest BCUT2D eigenvalue weighted by Crippen LogP contribution is -2.33. The standard InChI is InChI=1S/C32H36N2O6/c1-19-22-8-7-17-39-25(22)14-13-23(19)26-24-15-16-34(18-20-9-11-21(38-6)12-10-20)27(24)30(35)33(5)28(26)29(31(36)37)40-32(2,3)4/h9-16,29H,7-8,17-18H2,1-6H3,(H,36,37). The van der Waals surface area contributed by atoms with E-state index in [1.165, 1.54) is 4.57 Å². The number of methoxy groups -OCH3 is 1. The number of carbonyl (C=O) groups is 1. The van der Waals surface area contributed by atoms with Crippen molar-refractivity contribution in [1.29, 1.82) is 0 Å². The highest BCUT2D eigenvalue weighted by molar-refractivity contribution is 5.99. The minimum absolute atomic E-state index is 0.282. The molecule has 4 aromatic rings. The summed E-state index contributed by atoms with van der Waals surface area (Å²) in [5.41, 5.74) is 4.47. The SMILES string of the molecule is COc1ccc(Cn2ccc3c(-c4ccc5c(c4C)CCCO5)c(C(OC(C)(C)C)C(=O)O)n(C)c(=O)c32)cc1. The van der Waals surface area contributed by atoms with Crippen molar-refractivity contribution in [2.75, 3.05) is 13.7 Å². The summed E-state index contributed by atoms with van der Waals surface area (Å²) in [4.78, 5) is 26.7. The first-order chi connectivity index (χ1) is 19.0. The van der Waals surface area contributed by atoms with Crippen LogP contribution in [-0.2, 0) is 29.5 Å². The molecule has 1 N–H and O–H groups in total. The Kier molecular flexibility index (Phi) is 7.23. The van der Waals surface area contributed by atoms with E-state index in [0.29, 0.717) is 35.3 Å². The highest BCUT2D eigenvalue weighted by Crippen LogP contribution is 2.42. The van der Waals surface area contributed by atoms with Crippen molar-refractivity contribution in [2.45, 2.75) is 58.8 Å². The number of benzene rings is 2. The number of hydrogen-bond acceptors (Lipinski definition) is 5. The molecule has 8 nitrogen and oxygen atoms in total. The smallest absolute Gasteiger partial charge is 0.339 e. The van der Waals surface area contributed by atoms with Crippen molar-refractivity contribution >= 4 is 16.9 Å². The lowest BCUT2D eigenvalue weighted by atomic mass is 9.89. The van der Waals surface area contributed by atoms with Crippen molar-refractivity contribution in [2.24, 2.45) is 7.05 Å². The maximum atomic E-state index is 14.0. The number of hydrogen-bond donors (Lipinski definition) is 1. The van der Waals surface area contributed by atoms with Gasteiger partial charge in [-0.1, -0.05) is 18.2 Å². The predicted molar refractivity (Wildman–Crippen MR) is 154 cm³/mol.